The number of hydrogen-bond donors (Lipinski definition) is 3. The second kappa shape index (κ2) is 6.78. The van der Waals surface area contributed by atoms with Crippen LogP contribution in [0.2, 0.25) is 0 Å². The Kier molecular flexibility index (Phi) is 4.67. The minimum atomic E-state index is -1.20. The van der Waals surface area contributed by atoms with E-state index in [9.17, 15) is 19.2 Å². The molecule has 0 aromatic heterocycles. The molecule has 26 heavy (non-hydrogen) atoms. The van der Waals surface area contributed by atoms with E-state index in [0.29, 0.717) is 5.56 Å². The standard InChI is InChI=1S/C18H22N4O4/c1-18(13-7-6-11-4-3-5-12(11)8-13)16(25)22(17(26)21-18)10-15(24)20-9-14(23)19-2/h6-8H,3-5,9-10H2,1-2H3,(H,19,23)(H,20,24)(H,21,26)/t18-/m0/s1. The summed E-state index contributed by atoms with van der Waals surface area (Å²) >= 11 is 0. The lowest BCUT2D eigenvalue weighted by atomic mass is 9.89. The molecular weight excluding hydrogens is 336 g/mol. The summed E-state index contributed by atoms with van der Waals surface area (Å²) < 4.78 is 0. The normalized spacial score (nSPS) is 21.4. The molecule has 1 heterocycles. The molecule has 8 heteroatoms. The first kappa shape index (κ1) is 17.9. The van der Waals surface area contributed by atoms with E-state index in [1.165, 1.54) is 18.2 Å². The van der Waals surface area contributed by atoms with E-state index in [2.05, 4.69) is 16.0 Å². The molecule has 1 aliphatic carbocycles. The van der Waals surface area contributed by atoms with Crippen LogP contribution in [0.1, 0.15) is 30.0 Å². The monoisotopic (exact) mass is 358 g/mol. The zero-order chi connectivity index (χ0) is 18.9. The number of aryl methyl sites for hydroxylation is 2. The lowest BCUT2D eigenvalue weighted by Gasteiger charge is -2.23. The van der Waals surface area contributed by atoms with Crippen LogP contribution in [0.25, 0.3) is 0 Å². The molecule has 0 saturated carbocycles. The fraction of sp³-hybridized carbons (Fsp3) is 0.444. The molecule has 1 aromatic carbocycles. The molecule has 1 aliphatic heterocycles. The summed E-state index contributed by atoms with van der Waals surface area (Å²) in [7, 11) is 1.45. The quantitative estimate of drug-likeness (QED) is 0.634. The van der Waals surface area contributed by atoms with E-state index < -0.39 is 29.9 Å². The Bertz CT molecular complexity index is 791. The minimum Gasteiger partial charge on any atom is -0.358 e. The third-order valence-electron chi connectivity index (χ3n) is 4.98. The predicted octanol–water partition coefficient (Wildman–Crippen LogP) is -0.195. The number of imide groups is 1. The summed E-state index contributed by atoms with van der Waals surface area (Å²) in [5.74, 6) is -1.41. The summed E-state index contributed by atoms with van der Waals surface area (Å²) in [4.78, 5) is 49.1. The number of fused-ring (bicyclic) bond motifs is 1. The maximum absolute atomic E-state index is 12.9. The second-order valence-electron chi connectivity index (χ2n) is 6.73. The smallest absolute Gasteiger partial charge is 0.325 e. The highest BCUT2D eigenvalue weighted by atomic mass is 16.2. The molecular formula is C18H22N4O4. The molecule has 8 nitrogen and oxygen atoms in total. The first-order chi connectivity index (χ1) is 12.3. The van der Waals surface area contributed by atoms with Gasteiger partial charge in [-0.25, -0.2) is 4.79 Å². The van der Waals surface area contributed by atoms with Crippen molar-refractivity contribution in [1.82, 2.24) is 20.9 Å². The SMILES string of the molecule is CNC(=O)CNC(=O)CN1C(=O)N[C@@](C)(c2ccc3c(c2)CCC3)C1=O. The first-order valence-electron chi connectivity index (χ1n) is 8.59. The topological polar surface area (TPSA) is 108 Å². The van der Waals surface area contributed by atoms with Crippen molar-refractivity contribution in [3.63, 3.8) is 0 Å². The molecule has 1 saturated heterocycles. The third kappa shape index (κ3) is 3.14. The number of nitrogens with zero attached hydrogens (tertiary/aromatic N) is 1. The fourth-order valence-electron chi connectivity index (χ4n) is 3.39. The van der Waals surface area contributed by atoms with Crippen molar-refractivity contribution in [2.75, 3.05) is 20.1 Å². The van der Waals surface area contributed by atoms with Gasteiger partial charge in [-0.3, -0.25) is 19.3 Å². The molecule has 1 aromatic rings. The number of carbonyl (C=O) groups is 4. The fourth-order valence-corrected chi connectivity index (χ4v) is 3.39. The van der Waals surface area contributed by atoms with E-state index in [0.717, 1.165) is 24.2 Å². The van der Waals surface area contributed by atoms with Crippen LogP contribution in [-0.2, 0) is 32.8 Å². The van der Waals surface area contributed by atoms with Crippen molar-refractivity contribution in [3.8, 4) is 0 Å². The molecule has 1 fully saturated rings. The van der Waals surface area contributed by atoms with Crippen LogP contribution in [0, 0.1) is 0 Å². The van der Waals surface area contributed by atoms with Crippen molar-refractivity contribution in [2.24, 2.45) is 0 Å². The molecule has 0 bridgehead atoms. The van der Waals surface area contributed by atoms with Crippen LogP contribution >= 0.6 is 0 Å². The Morgan fingerprint density at radius 2 is 1.92 bits per heavy atom. The summed E-state index contributed by atoms with van der Waals surface area (Å²) in [5.41, 5.74) is 1.99. The summed E-state index contributed by atoms with van der Waals surface area (Å²) in [5, 5.41) is 7.45. The van der Waals surface area contributed by atoms with Gasteiger partial charge in [0.25, 0.3) is 5.91 Å². The van der Waals surface area contributed by atoms with Crippen molar-refractivity contribution in [2.45, 2.75) is 31.7 Å². The van der Waals surface area contributed by atoms with E-state index in [4.69, 9.17) is 0 Å². The van der Waals surface area contributed by atoms with Gasteiger partial charge < -0.3 is 16.0 Å². The minimum absolute atomic E-state index is 0.207. The molecule has 5 amide bonds. The van der Waals surface area contributed by atoms with Crippen molar-refractivity contribution < 1.29 is 19.2 Å². The van der Waals surface area contributed by atoms with E-state index in [-0.39, 0.29) is 12.5 Å². The number of carbonyl (C=O) groups excluding carboxylic acids is 4. The maximum atomic E-state index is 12.9. The molecule has 0 unspecified atom stereocenters. The largest absolute Gasteiger partial charge is 0.358 e. The molecule has 3 N–H and O–H groups in total. The Balaban J connectivity index is 1.73. The van der Waals surface area contributed by atoms with Crippen LogP contribution in [0.4, 0.5) is 4.79 Å². The number of amides is 5. The van der Waals surface area contributed by atoms with Crippen LogP contribution in [0.5, 0.6) is 0 Å². The lowest BCUT2D eigenvalue weighted by molar-refractivity contribution is -0.135. The molecule has 0 radical (unpaired) electrons. The molecule has 0 spiro atoms. The van der Waals surface area contributed by atoms with Crippen LogP contribution in [0.15, 0.2) is 18.2 Å². The van der Waals surface area contributed by atoms with Crippen molar-refractivity contribution >= 4 is 23.8 Å². The zero-order valence-electron chi connectivity index (χ0n) is 14.8. The summed E-state index contributed by atoms with van der Waals surface area (Å²) in [6, 6.07) is 5.21. The van der Waals surface area contributed by atoms with Gasteiger partial charge >= 0.3 is 6.03 Å². The number of likely N-dealkylation sites (N-methyl/N-ethyl adjacent to an activating group) is 1. The number of urea groups is 1. The highest BCUT2D eigenvalue weighted by Crippen LogP contribution is 2.32. The average molecular weight is 358 g/mol. The molecule has 138 valence electrons. The average Bonchev–Trinajstić information content (AvgIpc) is 3.18. The first-order valence-corrected chi connectivity index (χ1v) is 8.59. The van der Waals surface area contributed by atoms with E-state index in [1.54, 1.807) is 6.92 Å². The van der Waals surface area contributed by atoms with Gasteiger partial charge in [-0.1, -0.05) is 18.2 Å². The second-order valence-corrected chi connectivity index (χ2v) is 6.73. The highest BCUT2D eigenvalue weighted by Gasteiger charge is 2.49. The number of benzene rings is 1. The van der Waals surface area contributed by atoms with Crippen LogP contribution < -0.4 is 16.0 Å². The van der Waals surface area contributed by atoms with Crippen LogP contribution in [0.3, 0.4) is 0 Å². The van der Waals surface area contributed by atoms with Crippen LogP contribution in [-0.4, -0.2) is 48.8 Å². The van der Waals surface area contributed by atoms with Gasteiger partial charge in [0.15, 0.2) is 0 Å². The van der Waals surface area contributed by atoms with E-state index in [1.807, 2.05) is 18.2 Å². The summed E-state index contributed by atoms with van der Waals surface area (Å²) in [6.45, 7) is 1.01. The van der Waals surface area contributed by atoms with E-state index >= 15 is 0 Å². The van der Waals surface area contributed by atoms with Crippen molar-refractivity contribution in [3.05, 3.63) is 34.9 Å². The van der Waals surface area contributed by atoms with Gasteiger partial charge in [-0.05, 0) is 42.9 Å². The summed E-state index contributed by atoms with van der Waals surface area (Å²) in [6.07, 6.45) is 3.09. The predicted molar refractivity (Wildman–Crippen MR) is 93.1 cm³/mol. The van der Waals surface area contributed by atoms with Gasteiger partial charge in [-0.2, -0.15) is 0 Å². The van der Waals surface area contributed by atoms with Gasteiger partial charge in [0.2, 0.25) is 11.8 Å². The number of rotatable bonds is 5. The Morgan fingerprint density at radius 1 is 1.19 bits per heavy atom. The Morgan fingerprint density at radius 3 is 2.65 bits per heavy atom. The number of hydrogen-bond acceptors (Lipinski definition) is 4. The van der Waals surface area contributed by atoms with Gasteiger partial charge in [-0.15, -0.1) is 0 Å². The van der Waals surface area contributed by atoms with Gasteiger partial charge in [0.05, 0.1) is 6.54 Å². The lowest BCUT2D eigenvalue weighted by Crippen LogP contribution is -2.45. The molecule has 2 aliphatic rings. The number of nitrogens with one attached hydrogen (secondary N) is 3. The molecule has 3 rings (SSSR count). The van der Waals surface area contributed by atoms with Gasteiger partial charge in [0, 0.05) is 7.05 Å². The maximum Gasteiger partial charge on any atom is 0.325 e. The van der Waals surface area contributed by atoms with Crippen molar-refractivity contribution in [1.29, 1.82) is 0 Å². The third-order valence-corrected chi connectivity index (χ3v) is 4.98. The highest BCUT2D eigenvalue weighted by molar-refractivity contribution is 6.09. The Labute approximate surface area is 151 Å². The molecule has 1 atom stereocenters. The Hall–Kier alpha value is -2.90. The zero-order valence-corrected chi connectivity index (χ0v) is 14.8. The van der Waals surface area contributed by atoms with Gasteiger partial charge in [0.1, 0.15) is 12.1 Å².